The van der Waals surface area contributed by atoms with Crippen molar-refractivity contribution in [2.45, 2.75) is 19.4 Å². The van der Waals surface area contributed by atoms with Crippen LogP contribution >= 0.6 is 0 Å². The second kappa shape index (κ2) is 11.4. The Bertz CT molecular complexity index is 1120. The largest absolute Gasteiger partial charge is 0.497 e. The van der Waals surface area contributed by atoms with Crippen molar-refractivity contribution in [1.29, 1.82) is 5.26 Å². The fraction of sp³-hybridized carbons (Fsp3) is 0.321. The van der Waals surface area contributed by atoms with Crippen LogP contribution in [-0.2, 0) is 13.0 Å². The lowest BCUT2D eigenvalue weighted by Crippen LogP contribution is -2.47. The predicted molar refractivity (Wildman–Crippen MR) is 137 cm³/mol. The summed E-state index contributed by atoms with van der Waals surface area (Å²) in [6.45, 7) is 5.00. The van der Waals surface area contributed by atoms with Crippen LogP contribution in [0.4, 0.5) is 11.4 Å². The molecule has 1 saturated heterocycles. The summed E-state index contributed by atoms with van der Waals surface area (Å²) in [6, 6.07) is 24.3. The Morgan fingerprint density at radius 3 is 2.38 bits per heavy atom. The molecule has 1 heterocycles. The van der Waals surface area contributed by atoms with Crippen LogP contribution in [0.3, 0.4) is 0 Å². The molecule has 0 amide bonds. The van der Waals surface area contributed by atoms with E-state index in [2.05, 4.69) is 46.2 Å². The number of nitrogens with zero attached hydrogens (tertiary/aromatic N) is 3. The predicted octanol–water partition coefficient (Wildman–Crippen LogP) is 4.36. The van der Waals surface area contributed by atoms with Gasteiger partial charge >= 0.3 is 0 Å². The molecular weight excluding hydrogens is 424 g/mol. The van der Waals surface area contributed by atoms with Crippen LogP contribution in [0.25, 0.3) is 0 Å². The van der Waals surface area contributed by atoms with Gasteiger partial charge in [-0.3, -0.25) is 0 Å². The molecule has 0 aliphatic carbocycles. The number of nitriles is 1. The van der Waals surface area contributed by atoms with Gasteiger partial charge in [-0.1, -0.05) is 18.2 Å². The Kier molecular flexibility index (Phi) is 7.90. The molecule has 0 aromatic heterocycles. The summed E-state index contributed by atoms with van der Waals surface area (Å²) in [5, 5.41) is 8.90. The van der Waals surface area contributed by atoms with Gasteiger partial charge in [-0.25, -0.2) is 0 Å². The number of benzene rings is 3. The second-order valence-electron chi connectivity index (χ2n) is 8.43. The fourth-order valence-corrected chi connectivity index (χ4v) is 4.34. The Hall–Kier alpha value is -3.69. The minimum absolute atomic E-state index is 0.535. The van der Waals surface area contributed by atoms with E-state index in [4.69, 9.17) is 20.5 Å². The highest BCUT2D eigenvalue weighted by atomic mass is 16.5. The summed E-state index contributed by atoms with van der Waals surface area (Å²) in [6.07, 6.45) is 1.86. The van der Waals surface area contributed by atoms with E-state index < -0.39 is 0 Å². The van der Waals surface area contributed by atoms with Crippen molar-refractivity contribution in [2.75, 3.05) is 49.7 Å². The van der Waals surface area contributed by atoms with Gasteiger partial charge in [-0.05, 0) is 66.4 Å². The van der Waals surface area contributed by atoms with Crippen LogP contribution < -0.4 is 25.0 Å². The molecule has 176 valence electrons. The molecule has 0 saturated carbocycles. The molecule has 3 aromatic rings. The molecule has 6 nitrogen and oxygen atoms in total. The summed E-state index contributed by atoms with van der Waals surface area (Å²) in [7, 11) is 1.71. The molecule has 6 heteroatoms. The monoisotopic (exact) mass is 456 g/mol. The standard InChI is InChI=1S/C28H32N4O2/c1-33-27-6-2-5-25(19-27)31-13-15-32(16-14-31)28-18-22(7-10-24(28)21-30)4-3-17-34-26-11-8-23(20-29)9-12-26/h2,5-12,18-19H,3-4,13-17,21,30H2,1H3. The van der Waals surface area contributed by atoms with Gasteiger partial charge < -0.3 is 25.0 Å². The van der Waals surface area contributed by atoms with E-state index in [1.807, 2.05) is 24.3 Å². The highest BCUT2D eigenvalue weighted by Crippen LogP contribution is 2.27. The molecule has 3 aromatic carbocycles. The summed E-state index contributed by atoms with van der Waals surface area (Å²) in [5.74, 6) is 1.69. The molecular formula is C28H32N4O2. The minimum Gasteiger partial charge on any atom is -0.497 e. The lowest BCUT2D eigenvalue weighted by molar-refractivity contribution is 0.311. The Morgan fingerprint density at radius 1 is 0.912 bits per heavy atom. The van der Waals surface area contributed by atoms with E-state index in [-0.39, 0.29) is 0 Å². The minimum atomic E-state index is 0.535. The first kappa shape index (κ1) is 23.5. The number of ether oxygens (including phenoxy) is 2. The van der Waals surface area contributed by atoms with E-state index >= 15 is 0 Å². The number of piperazine rings is 1. The molecule has 1 fully saturated rings. The zero-order chi connectivity index (χ0) is 23.8. The van der Waals surface area contributed by atoms with Crippen LogP contribution in [0.15, 0.2) is 66.7 Å². The van der Waals surface area contributed by atoms with Crippen molar-refractivity contribution >= 4 is 11.4 Å². The first-order chi connectivity index (χ1) is 16.7. The van der Waals surface area contributed by atoms with Crippen molar-refractivity contribution in [2.24, 2.45) is 5.73 Å². The molecule has 4 rings (SSSR count). The lowest BCUT2D eigenvalue weighted by atomic mass is 10.0. The van der Waals surface area contributed by atoms with Crippen molar-refractivity contribution in [3.8, 4) is 17.6 Å². The molecule has 0 spiro atoms. The smallest absolute Gasteiger partial charge is 0.120 e. The van der Waals surface area contributed by atoms with Gasteiger partial charge in [0.1, 0.15) is 11.5 Å². The van der Waals surface area contributed by atoms with Gasteiger partial charge in [-0.15, -0.1) is 0 Å². The van der Waals surface area contributed by atoms with Crippen LogP contribution in [0.1, 0.15) is 23.1 Å². The van der Waals surface area contributed by atoms with E-state index in [9.17, 15) is 0 Å². The third kappa shape index (κ3) is 5.81. The summed E-state index contributed by atoms with van der Waals surface area (Å²) >= 11 is 0. The van der Waals surface area contributed by atoms with Crippen molar-refractivity contribution in [3.05, 3.63) is 83.4 Å². The molecule has 1 aliphatic rings. The van der Waals surface area contributed by atoms with Gasteiger partial charge in [0.05, 0.1) is 25.3 Å². The SMILES string of the molecule is COc1cccc(N2CCN(c3cc(CCCOc4ccc(C#N)cc4)ccc3CN)CC2)c1. The molecule has 0 unspecified atom stereocenters. The first-order valence-electron chi connectivity index (χ1n) is 11.8. The fourth-order valence-electron chi connectivity index (χ4n) is 4.34. The van der Waals surface area contributed by atoms with Crippen LogP contribution in [-0.4, -0.2) is 39.9 Å². The number of nitrogens with two attached hydrogens (primary N) is 1. The van der Waals surface area contributed by atoms with Crippen molar-refractivity contribution in [3.63, 3.8) is 0 Å². The number of methoxy groups -OCH3 is 1. The average molecular weight is 457 g/mol. The number of hydrogen-bond donors (Lipinski definition) is 1. The van der Waals surface area contributed by atoms with Gasteiger partial charge in [0.15, 0.2) is 0 Å². The molecule has 2 N–H and O–H groups in total. The number of hydrogen-bond acceptors (Lipinski definition) is 6. The Morgan fingerprint density at radius 2 is 1.68 bits per heavy atom. The van der Waals surface area contributed by atoms with E-state index in [0.717, 1.165) is 50.5 Å². The van der Waals surface area contributed by atoms with E-state index in [1.54, 1.807) is 19.2 Å². The average Bonchev–Trinajstić information content (AvgIpc) is 2.91. The number of rotatable bonds is 9. The summed E-state index contributed by atoms with van der Waals surface area (Å²) in [4.78, 5) is 4.86. The van der Waals surface area contributed by atoms with Gasteiger partial charge in [-0.2, -0.15) is 5.26 Å². The quantitative estimate of drug-likeness (QED) is 0.482. The first-order valence-corrected chi connectivity index (χ1v) is 11.8. The highest BCUT2D eigenvalue weighted by Gasteiger charge is 2.20. The van der Waals surface area contributed by atoms with Gasteiger partial charge in [0, 0.05) is 50.2 Å². The normalized spacial score (nSPS) is 13.4. The van der Waals surface area contributed by atoms with Gasteiger partial charge in [0.2, 0.25) is 0 Å². The third-order valence-corrected chi connectivity index (χ3v) is 6.27. The van der Waals surface area contributed by atoms with Crippen LogP contribution in [0, 0.1) is 11.3 Å². The second-order valence-corrected chi connectivity index (χ2v) is 8.43. The number of anilines is 2. The molecule has 1 aliphatic heterocycles. The zero-order valence-electron chi connectivity index (χ0n) is 19.7. The maximum atomic E-state index is 8.90. The van der Waals surface area contributed by atoms with E-state index in [1.165, 1.54) is 22.5 Å². The zero-order valence-corrected chi connectivity index (χ0v) is 19.7. The topological polar surface area (TPSA) is 74.8 Å². The summed E-state index contributed by atoms with van der Waals surface area (Å²) in [5.41, 5.74) is 11.7. The van der Waals surface area contributed by atoms with Crippen LogP contribution in [0.5, 0.6) is 11.5 Å². The number of aryl methyl sites for hydroxylation is 1. The van der Waals surface area contributed by atoms with Crippen LogP contribution in [0.2, 0.25) is 0 Å². The van der Waals surface area contributed by atoms with Crippen molar-refractivity contribution in [1.82, 2.24) is 0 Å². The summed E-state index contributed by atoms with van der Waals surface area (Å²) < 4.78 is 11.2. The van der Waals surface area contributed by atoms with Crippen molar-refractivity contribution < 1.29 is 9.47 Å². The Labute approximate surface area is 202 Å². The highest BCUT2D eigenvalue weighted by molar-refractivity contribution is 5.58. The molecule has 0 atom stereocenters. The lowest BCUT2D eigenvalue weighted by Gasteiger charge is -2.38. The molecule has 0 radical (unpaired) electrons. The van der Waals surface area contributed by atoms with E-state index in [0.29, 0.717) is 18.7 Å². The third-order valence-electron chi connectivity index (χ3n) is 6.27. The maximum Gasteiger partial charge on any atom is 0.120 e. The molecule has 34 heavy (non-hydrogen) atoms. The maximum absolute atomic E-state index is 8.90. The molecule has 0 bridgehead atoms. The van der Waals surface area contributed by atoms with Gasteiger partial charge in [0.25, 0.3) is 0 Å². The Balaban J connectivity index is 1.33.